The van der Waals surface area contributed by atoms with Gasteiger partial charge in [0.05, 0.1) is 25.5 Å². The predicted octanol–water partition coefficient (Wildman–Crippen LogP) is 3.50. The fourth-order valence-corrected chi connectivity index (χ4v) is 4.73. The van der Waals surface area contributed by atoms with Crippen molar-refractivity contribution in [1.29, 1.82) is 0 Å². The minimum Gasteiger partial charge on any atom is -0.497 e. The number of nitrogens with zero attached hydrogens (tertiary/aromatic N) is 5. The van der Waals surface area contributed by atoms with Crippen LogP contribution < -0.4 is 14.4 Å². The van der Waals surface area contributed by atoms with Crippen LogP contribution in [-0.2, 0) is 4.79 Å². The summed E-state index contributed by atoms with van der Waals surface area (Å²) in [6, 6.07) is 15.3. The summed E-state index contributed by atoms with van der Waals surface area (Å²) in [4.78, 5) is 31.6. The third-order valence-corrected chi connectivity index (χ3v) is 7.18. The van der Waals surface area contributed by atoms with Gasteiger partial charge in [0.2, 0.25) is 5.91 Å². The average molecular weight is 534 g/mol. The monoisotopic (exact) mass is 533 g/mol. The van der Waals surface area contributed by atoms with E-state index in [1.807, 2.05) is 24.3 Å². The molecule has 2 fully saturated rings. The van der Waals surface area contributed by atoms with Gasteiger partial charge in [0, 0.05) is 44.4 Å². The Morgan fingerprint density at radius 1 is 0.974 bits per heavy atom. The number of methoxy groups -OCH3 is 2. The highest BCUT2D eigenvalue weighted by Gasteiger charge is 2.31. The number of aromatic nitrogens is 2. The van der Waals surface area contributed by atoms with Crippen LogP contribution in [0.1, 0.15) is 23.2 Å². The minimum absolute atomic E-state index is 0.00468. The maximum Gasteiger partial charge on any atom is 0.257 e. The molecule has 0 N–H and O–H groups in total. The number of carbonyl (C=O) groups is 2. The Labute approximate surface area is 227 Å². The maximum absolute atomic E-state index is 14.3. The van der Waals surface area contributed by atoms with E-state index >= 15 is 0 Å². The number of hydrogen-bond acceptors (Lipinski definition) is 7. The molecule has 9 nitrogen and oxygen atoms in total. The Kier molecular flexibility index (Phi) is 7.90. The molecule has 2 aliphatic rings. The first-order valence-electron chi connectivity index (χ1n) is 13.1. The van der Waals surface area contributed by atoms with Crippen molar-refractivity contribution in [2.75, 3.05) is 58.4 Å². The molecular formula is C29H32FN5O4. The molecule has 0 radical (unpaired) electrons. The first-order chi connectivity index (χ1) is 19.0. The van der Waals surface area contributed by atoms with Crippen LogP contribution in [0.2, 0.25) is 0 Å². The van der Waals surface area contributed by atoms with E-state index < -0.39 is 11.7 Å². The molecule has 1 aliphatic carbocycles. The van der Waals surface area contributed by atoms with Crippen molar-refractivity contribution in [2.45, 2.75) is 12.8 Å². The first-order valence-corrected chi connectivity index (χ1v) is 13.1. The third-order valence-electron chi connectivity index (χ3n) is 7.18. The van der Waals surface area contributed by atoms with Gasteiger partial charge in [0.15, 0.2) is 5.82 Å². The van der Waals surface area contributed by atoms with Crippen LogP contribution in [0.3, 0.4) is 0 Å². The van der Waals surface area contributed by atoms with Crippen molar-refractivity contribution >= 4 is 17.6 Å². The Balaban J connectivity index is 1.19. The van der Waals surface area contributed by atoms with E-state index in [1.165, 1.54) is 17.0 Å². The molecule has 1 aromatic heterocycles. The Morgan fingerprint density at radius 3 is 2.38 bits per heavy atom. The zero-order chi connectivity index (χ0) is 27.4. The molecule has 0 atom stereocenters. The normalized spacial score (nSPS) is 15.2. The van der Waals surface area contributed by atoms with Crippen LogP contribution in [0.15, 0.2) is 54.6 Å². The van der Waals surface area contributed by atoms with Crippen molar-refractivity contribution < 1.29 is 23.5 Å². The Hall–Kier alpha value is -4.21. The largest absolute Gasteiger partial charge is 0.497 e. The van der Waals surface area contributed by atoms with E-state index in [9.17, 15) is 14.0 Å². The predicted molar refractivity (Wildman–Crippen MR) is 144 cm³/mol. The quantitative estimate of drug-likeness (QED) is 0.416. The molecule has 5 rings (SSSR count). The first kappa shape index (κ1) is 26.4. The summed E-state index contributed by atoms with van der Waals surface area (Å²) in [6.07, 6.45) is 2.05. The van der Waals surface area contributed by atoms with Crippen LogP contribution in [0.5, 0.6) is 11.5 Å². The van der Waals surface area contributed by atoms with Crippen LogP contribution in [0.4, 0.5) is 10.2 Å². The molecule has 0 bridgehead atoms. The lowest BCUT2D eigenvalue weighted by atomic mass is 10.1. The number of anilines is 1. The highest BCUT2D eigenvalue weighted by atomic mass is 19.1. The van der Waals surface area contributed by atoms with Crippen LogP contribution >= 0.6 is 0 Å². The van der Waals surface area contributed by atoms with Crippen molar-refractivity contribution in [2.24, 2.45) is 5.92 Å². The lowest BCUT2D eigenvalue weighted by Crippen LogP contribution is -2.52. The molecule has 204 valence electrons. The van der Waals surface area contributed by atoms with Crippen LogP contribution in [0.25, 0.3) is 11.3 Å². The highest BCUT2D eigenvalue weighted by Crippen LogP contribution is 2.33. The molecule has 2 aromatic carbocycles. The molecule has 3 aromatic rings. The van der Waals surface area contributed by atoms with E-state index in [1.54, 1.807) is 37.3 Å². The van der Waals surface area contributed by atoms with Gasteiger partial charge in [-0.05, 0) is 55.2 Å². The molecule has 10 heteroatoms. The number of hydrogen-bond donors (Lipinski definition) is 0. The van der Waals surface area contributed by atoms with Crippen molar-refractivity contribution in [3.05, 3.63) is 66.0 Å². The number of amides is 2. The molecule has 1 saturated heterocycles. The van der Waals surface area contributed by atoms with Gasteiger partial charge in [-0.1, -0.05) is 12.1 Å². The van der Waals surface area contributed by atoms with Gasteiger partial charge in [-0.15, -0.1) is 10.2 Å². The number of benzene rings is 2. The third kappa shape index (κ3) is 6.10. The van der Waals surface area contributed by atoms with Crippen molar-refractivity contribution in [1.82, 2.24) is 20.0 Å². The summed E-state index contributed by atoms with van der Waals surface area (Å²) in [6.45, 7) is 2.60. The van der Waals surface area contributed by atoms with E-state index in [0.717, 1.165) is 24.2 Å². The zero-order valence-corrected chi connectivity index (χ0v) is 22.2. The number of halogens is 1. The van der Waals surface area contributed by atoms with Gasteiger partial charge in [0.1, 0.15) is 23.9 Å². The lowest BCUT2D eigenvalue weighted by molar-refractivity contribution is -0.132. The number of piperazine rings is 1. The average Bonchev–Trinajstić information content (AvgIpc) is 3.80. The highest BCUT2D eigenvalue weighted by molar-refractivity contribution is 5.96. The van der Waals surface area contributed by atoms with E-state index in [0.29, 0.717) is 55.8 Å². The second kappa shape index (κ2) is 11.7. The van der Waals surface area contributed by atoms with Gasteiger partial charge in [-0.3, -0.25) is 9.59 Å². The van der Waals surface area contributed by atoms with Crippen molar-refractivity contribution in [3.8, 4) is 22.8 Å². The number of ether oxygens (including phenoxy) is 2. The van der Waals surface area contributed by atoms with Crippen LogP contribution in [0, 0.1) is 11.7 Å². The number of rotatable bonds is 9. The van der Waals surface area contributed by atoms with E-state index in [2.05, 4.69) is 15.1 Å². The van der Waals surface area contributed by atoms with E-state index in [4.69, 9.17) is 9.47 Å². The van der Waals surface area contributed by atoms with Gasteiger partial charge in [-0.2, -0.15) is 0 Å². The second-order valence-electron chi connectivity index (χ2n) is 9.82. The summed E-state index contributed by atoms with van der Waals surface area (Å²) < 4.78 is 25.0. The smallest absolute Gasteiger partial charge is 0.257 e. The Bertz CT molecular complexity index is 1320. The standard InChI is InChI=1S/C29H32FN5O4/c1-38-21-9-10-23(26(17-21)39-2)25-11-12-27(32-31-25)33-13-15-34(16-14-33)28(36)19-35(18-20-7-8-20)29(37)22-5-3-4-6-24(22)30/h3-6,9-12,17,20H,7-8,13-16,18-19H2,1-2H3. The summed E-state index contributed by atoms with van der Waals surface area (Å²) in [5.74, 6) is 1.31. The summed E-state index contributed by atoms with van der Waals surface area (Å²) in [5.41, 5.74) is 1.50. The molecule has 1 saturated carbocycles. The molecular weight excluding hydrogens is 501 g/mol. The summed E-state index contributed by atoms with van der Waals surface area (Å²) in [5, 5.41) is 8.82. The Morgan fingerprint density at radius 2 is 1.74 bits per heavy atom. The minimum atomic E-state index is -0.568. The summed E-state index contributed by atoms with van der Waals surface area (Å²) in [7, 11) is 3.20. The lowest BCUT2D eigenvalue weighted by Gasteiger charge is -2.36. The SMILES string of the molecule is COc1ccc(-c2ccc(N3CCN(C(=O)CN(CC4CC4)C(=O)c4ccccc4F)CC3)nn2)c(OC)c1. The second-order valence-corrected chi connectivity index (χ2v) is 9.82. The van der Waals surface area contributed by atoms with Gasteiger partial charge >= 0.3 is 0 Å². The molecule has 39 heavy (non-hydrogen) atoms. The molecule has 2 amide bonds. The molecule has 0 unspecified atom stereocenters. The number of carbonyl (C=O) groups excluding carboxylic acids is 2. The topological polar surface area (TPSA) is 88.1 Å². The maximum atomic E-state index is 14.3. The zero-order valence-electron chi connectivity index (χ0n) is 22.2. The van der Waals surface area contributed by atoms with Gasteiger partial charge in [-0.25, -0.2) is 4.39 Å². The van der Waals surface area contributed by atoms with E-state index in [-0.39, 0.29) is 18.0 Å². The fraction of sp³-hybridized carbons (Fsp3) is 0.379. The molecule has 2 heterocycles. The molecule has 0 spiro atoms. The summed E-state index contributed by atoms with van der Waals surface area (Å²) >= 11 is 0. The fourth-order valence-electron chi connectivity index (χ4n) is 4.73. The molecule has 1 aliphatic heterocycles. The van der Waals surface area contributed by atoms with Crippen LogP contribution in [-0.4, -0.2) is 85.3 Å². The van der Waals surface area contributed by atoms with Crippen molar-refractivity contribution in [3.63, 3.8) is 0 Å². The van der Waals surface area contributed by atoms with Gasteiger partial charge in [0.25, 0.3) is 5.91 Å². The van der Waals surface area contributed by atoms with Gasteiger partial charge < -0.3 is 24.2 Å².